The van der Waals surface area contributed by atoms with Crippen LogP contribution in [0.3, 0.4) is 0 Å². The molecule has 21 heavy (non-hydrogen) atoms. The summed E-state index contributed by atoms with van der Waals surface area (Å²) in [7, 11) is 0. The molecule has 2 fully saturated rings. The first kappa shape index (κ1) is 16.8. The molecule has 0 aromatic carbocycles. The van der Waals surface area contributed by atoms with Crippen LogP contribution in [0.5, 0.6) is 0 Å². The average molecular weight is 295 g/mol. The molecule has 1 saturated carbocycles. The highest BCUT2D eigenvalue weighted by atomic mass is 16.2. The van der Waals surface area contributed by atoms with Gasteiger partial charge >= 0.3 is 0 Å². The third-order valence-electron chi connectivity index (χ3n) is 5.52. The Balaban J connectivity index is 1.76. The van der Waals surface area contributed by atoms with Crippen LogP contribution in [0.2, 0.25) is 0 Å². The van der Waals surface area contributed by atoms with Gasteiger partial charge in [0.25, 0.3) is 0 Å². The number of likely N-dealkylation sites (tertiary alicyclic amines) is 1. The summed E-state index contributed by atoms with van der Waals surface area (Å²) in [4.78, 5) is 14.6. The number of piperidine rings is 1. The number of carbonyl (C=O) groups is 1. The Hall–Kier alpha value is -0.610. The van der Waals surface area contributed by atoms with Crippen molar-refractivity contribution in [2.45, 2.75) is 70.9 Å². The summed E-state index contributed by atoms with van der Waals surface area (Å²) in [5.74, 6) is 1.81. The summed E-state index contributed by atoms with van der Waals surface area (Å²) < 4.78 is 0. The van der Waals surface area contributed by atoms with Crippen LogP contribution in [0.4, 0.5) is 0 Å². The van der Waals surface area contributed by atoms with Crippen LogP contribution in [0, 0.1) is 11.8 Å². The molecular weight excluding hydrogens is 262 g/mol. The fraction of sp³-hybridized carbons (Fsp3) is 0.941. The van der Waals surface area contributed by atoms with E-state index < -0.39 is 0 Å². The minimum absolute atomic E-state index is 0.197. The second kappa shape index (κ2) is 8.14. The normalized spacial score (nSPS) is 34.6. The van der Waals surface area contributed by atoms with E-state index in [9.17, 15) is 4.79 Å². The third-order valence-corrected chi connectivity index (χ3v) is 5.52. The first-order chi connectivity index (χ1) is 10.1. The molecule has 1 heterocycles. The van der Waals surface area contributed by atoms with E-state index in [4.69, 9.17) is 5.73 Å². The van der Waals surface area contributed by atoms with E-state index in [1.54, 1.807) is 0 Å². The van der Waals surface area contributed by atoms with Gasteiger partial charge in [0.1, 0.15) is 0 Å². The summed E-state index contributed by atoms with van der Waals surface area (Å²) >= 11 is 0. The maximum Gasteiger partial charge on any atom is 0.234 e. The number of nitrogens with two attached hydrogens (primary N) is 1. The Morgan fingerprint density at radius 1 is 1.24 bits per heavy atom. The minimum Gasteiger partial charge on any atom is -0.352 e. The van der Waals surface area contributed by atoms with Crippen molar-refractivity contribution in [2.75, 3.05) is 19.6 Å². The number of nitrogens with zero attached hydrogens (tertiary/aromatic N) is 1. The molecule has 0 spiro atoms. The fourth-order valence-electron chi connectivity index (χ4n) is 3.87. The van der Waals surface area contributed by atoms with Crippen molar-refractivity contribution in [2.24, 2.45) is 17.6 Å². The van der Waals surface area contributed by atoms with Crippen LogP contribution in [0.15, 0.2) is 0 Å². The van der Waals surface area contributed by atoms with Crippen LogP contribution >= 0.6 is 0 Å². The summed E-state index contributed by atoms with van der Waals surface area (Å²) in [6.45, 7) is 6.79. The lowest BCUT2D eigenvalue weighted by atomic mass is 9.87. The molecule has 1 aliphatic carbocycles. The van der Waals surface area contributed by atoms with E-state index in [2.05, 4.69) is 24.1 Å². The minimum atomic E-state index is 0.197. The Morgan fingerprint density at radius 2 is 1.95 bits per heavy atom. The lowest BCUT2D eigenvalue weighted by molar-refractivity contribution is -0.124. The van der Waals surface area contributed by atoms with Crippen molar-refractivity contribution in [1.29, 1.82) is 0 Å². The Bertz CT molecular complexity index is 326. The van der Waals surface area contributed by atoms with Crippen molar-refractivity contribution in [1.82, 2.24) is 10.2 Å². The molecule has 0 aromatic rings. The molecule has 2 rings (SSSR count). The van der Waals surface area contributed by atoms with E-state index in [0.717, 1.165) is 37.6 Å². The van der Waals surface area contributed by atoms with Crippen molar-refractivity contribution < 1.29 is 4.79 Å². The first-order valence-corrected chi connectivity index (χ1v) is 8.85. The number of hydrogen-bond acceptors (Lipinski definition) is 3. The van der Waals surface area contributed by atoms with E-state index >= 15 is 0 Å². The topological polar surface area (TPSA) is 58.4 Å². The van der Waals surface area contributed by atoms with Gasteiger partial charge < -0.3 is 11.1 Å². The highest BCUT2D eigenvalue weighted by Crippen LogP contribution is 2.25. The van der Waals surface area contributed by atoms with E-state index in [1.165, 1.54) is 25.7 Å². The zero-order valence-corrected chi connectivity index (χ0v) is 13.8. The van der Waals surface area contributed by atoms with Gasteiger partial charge in [0.05, 0.1) is 6.54 Å². The number of nitrogens with one attached hydrogen (secondary N) is 1. The van der Waals surface area contributed by atoms with Gasteiger partial charge in [0.2, 0.25) is 5.91 Å². The summed E-state index contributed by atoms with van der Waals surface area (Å²) in [6.07, 6.45) is 8.38. The van der Waals surface area contributed by atoms with Crippen molar-refractivity contribution >= 4 is 5.91 Å². The molecule has 0 radical (unpaired) electrons. The maximum absolute atomic E-state index is 12.3. The molecule has 4 nitrogen and oxygen atoms in total. The van der Waals surface area contributed by atoms with Crippen molar-refractivity contribution in [3.63, 3.8) is 0 Å². The van der Waals surface area contributed by atoms with Gasteiger partial charge in [-0.05, 0) is 56.9 Å². The summed E-state index contributed by atoms with van der Waals surface area (Å²) in [5.41, 5.74) is 5.91. The van der Waals surface area contributed by atoms with Gasteiger partial charge in [-0.2, -0.15) is 0 Å². The van der Waals surface area contributed by atoms with Gasteiger partial charge in [-0.3, -0.25) is 9.69 Å². The molecule has 1 amide bonds. The predicted molar refractivity (Wildman–Crippen MR) is 87.0 cm³/mol. The maximum atomic E-state index is 12.3. The zero-order valence-electron chi connectivity index (χ0n) is 13.8. The molecule has 1 saturated heterocycles. The lowest BCUT2D eigenvalue weighted by Gasteiger charge is -2.38. The summed E-state index contributed by atoms with van der Waals surface area (Å²) in [6, 6.07) is 0.791. The van der Waals surface area contributed by atoms with E-state index in [-0.39, 0.29) is 5.91 Å². The first-order valence-electron chi connectivity index (χ1n) is 8.85. The van der Waals surface area contributed by atoms with E-state index in [0.29, 0.717) is 25.2 Å². The standard InChI is InChI=1S/C17H33N3O/c1-3-14-8-9-20(16(10-14)11-18)12-17(21)19-15-6-4-13(2)5-7-15/h13-16H,3-12,18H2,1-2H3,(H,19,21). The molecule has 2 unspecified atom stereocenters. The zero-order chi connectivity index (χ0) is 15.2. The van der Waals surface area contributed by atoms with Gasteiger partial charge in [-0.1, -0.05) is 20.3 Å². The van der Waals surface area contributed by atoms with Crippen LogP contribution in [0.25, 0.3) is 0 Å². The quantitative estimate of drug-likeness (QED) is 0.817. The third kappa shape index (κ3) is 4.96. The number of rotatable bonds is 5. The monoisotopic (exact) mass is 295 g/mol. The molecule has 3 N–H and O–H groups in total. The molecule has 2 aliphatic rings. The van der Waals surface area contributed by atoms with Crippen LogP contribution in [0.1, 0.15) is 58.8 Å². The van der Waals surface area contributed by atoms with Crippen LogP contribution < -0.4 is 11.1 Å². The van der Waals surface area contributed by atoms with Gasteiger partial charge in [0, 0.05) is 18.6 Å². The van der Waals surface area contributed by atoms with Gasteiger partial charge in [-0.25, -0.2) is 0 Å². The predicted octanol–water partition coefficient (Wildman–Crippen LogP) is 2.13. The van der Waals surface area contributed by atoms with Crippen molar-refractivity contribution in [3.05, 3.63) is 0 Å². The fourth-order valence-corrected chi connectivity index (χ4v) is 3.87. The molecular formula is C17H33N3O. The number of hydrogen-bond donors (Lipinski definition) is 2. The molecule has 1 aliphatic heterocycles. The molecule has 4 heteroatoms. The smallest absolute Gasteiger partial charge is 0.234 e. The molecule has 0 bridgehead atoms. The van der Waals surface area contributed by atoms with Crippen LogP contribution in [-0.4, -0.2) is 42.5 Å². The average Bonchev–Trinajstić information content (AvgIpc) is 2.50. The number of carbonyl (C=O) groups excluding carboxylic acids is 1. The largest absolute Gasteiger partial charge is 0.352 e. The summed E-state index contributed by atoms with van der Waals surface area (Å²) in [5, 5.41) is 3.24. The SMILES string of the molecule is CCC1CCN(CC(=O)NC2CCC(C)CC2)C(CN)C1. The Kier molecular flexibility index (Phi) is 6.49. The molecule has 0 aromatic heterocycles. The van der Waals surface area contributed by atoms with Crippen molar-refractivity contribution in [3.8, 4) is 0 Å². The number of amides is 1. The molecule has 122 valence electrons. The second-order valence-electron chi connectivity index (χ2n) is 7.18. The van der Waals surface area contributed by atoms with Gasteiger partial charge in [0.15, 0.2) is 0 Å². The van der Waals surface area contributed by atoms with E-state index in [1.807, 2.05) is 0 Å². The van der Waals surface area contributed by atoms with Crippen LogP contribution in [-0.2, 0) is 4.79 Å². The highest BCUT2D eigenvalue weighted by Gasteiger charge is 2.28. The highest BCUT2D eigenvalue weighted by molar-refractivity contribution is 5.78. The Morgan fingerprint density at radius 3 is 2.57 bits per heavy atom. The Labute approximate surface area is 129 Å². The molecule has 2 atom stereocenters. The van der Waals surface area contributed by atoms with Gasteiger partial charge in [-0.15, -0.1) is 0 Å². The second-order valence-corrected chi connectivity index (χ2v) is 7.18. The lowest BCUT2D eigenvalue weighted by Crippen LogP contribution is -2.51.